The summed E-state index contributed by atoms with van der Waals surface area (Å²) in [6, 6.07) is 13.2. The van der Waals surface area contributed by atoms with Crippen LogP contribution in [0.25, 0.3) is 10.8 Å². The third-order valence-corrected chi connectivity index (χ3v) is 2.48. The van der Waals surface area contributed by atoms with Crippen LogP contribution in [-0.2, 0) is 5.92 Å². The van der Waals surface area contributed by atoms with Crippen LogP contribution in [0.2, 0.25) is 0 Å². The highest BCUT2D eigenvalue weighted by Crippen LogP contribution is 2.35. The number of fused-ring (bicyclic) bond motifs is 1. The summed E-state index contributed by atoms with van der Waals surface area (Å²) < 4.78 is 27.3. The normalized spacial score (nSPS) is 11.3. The summed E-state index contributed by atoms with van der Waals surface area (Å²) in [6.07, 6.45) is -0.791. The molecule has 0 atom stereocenters. The van der Waals surface area contributed by atoms with Gasteiger partial charge in [0.05, 0.1) is 6.07 Å². The second-order valence-corrected chi connectivity index (χ2v) is 3.57. The quantitative estimate of drug-likeness (QED) is 0.749. The predicted octanol–water partition coefficient (Wildman–Crippen LogP) is 3.85. The van der Waals surface area contributed by atoms with Crippen molar-refractivity contribution in [2.45, 2.75) is 12.3 Å². The summed E-state index contributed by atoms with van der Waals surface area (Å²) in [5.41, 5.74) is -0.0767. The van der Waals surface area contributed by atoms with Gasteiger partial charge in [-0.3, -0.25) is 0 Å². The number of benzene rings is 2. The molecule has 0 unspecified atom stereocenters. The zero-order chi connectivity index (χ0) is 11.6. The highest BCUT2D eigenvalue weighted by molar-refractivity contribution is 5.86. The Balaban J connectivity index is 2.66. The number of halogens is 2. The van der Waals surface area contributed by atoms with Gasteiger partial charge in [0, 0.05) is 5.56 Å². The first-order valence-electron chi connectivity index (χ1n) is 4.88. The van der Waals surface area contributed by atoms with E-state index < -0.39 is 12.3 Å². The summed E-state index contributed by atoms with van der Waals surface area (Å²) >= 11 is 0. The fourth-order valence-electron chi connectivity index (χ4n) is 1.74. The second kappa shape index (κ2) is 3.90. The zero-order valence-electron chi connectivity index (χ0n) is 8.45. The molecule has 0 saturated heterocycles. The molecule has 0 saturated carbocycles. The Morgan fingerprint density at radius 1 is 1.06 bits per heavy atom. The van der Waals surface area contributed by atoms with Crippen LogP contribution < -0.4 is 0 Å². The van der Waals surface area contributed by atoms with Crippen molar-refractivity contribution in [2.24, 2.45) is 0 Å². The molecule has 2 aromatic rings. The minimum Gasteiger partial charge on any atom is -0.200 e. The lowest BCUT2D eigenvalue weighted by atomic mass is 9.98. The van der Waals surface area contributed by atoms with Crippen LogP contribution in [0, 0.1) is 11.3 Å². The molecule has 3 heteroatoms. The first-order valence-corrected chi connectivity index (χ1v) is 4.88. The maximum Gasteiger partial charge on any atom is 0.286 e. The lowest BCUT2D eigenvalue weighted by Crippen LogP contribution is -2.12. The number of nitriles is 1. The first kappa shape index (κ1) is 10.6. The van der Waals surface area contributed by atoms with Crippen molar-refractivity contribution in [1.29, 1.82) is 5.26 Å². The van der Waals surface area contributed by atoms with Gasteiger partial charge in [0.2, 0.25) is 0 Å². The van der Waals surface area contributed by atoms with Gasteiger partial charge in [0.1, 0.15) is 6.42 Å². The van der Waals surface area contributed by atoms with E-state index in [-0.39, 0.29) is 5.56 Å². The number of rotatable bonds is 2. The molecule has 0 fully saturated rings. The van der Waals surface area contributed by atoms with Crippen molar-refractivity contribution < 1.29 is 8.78 Å². The fourth-order valence-corrected chi connectivity index (χ4v) is 1.74. The Hall–Kier alpha value is -1.95. The van der Waals surface area contributed by atoms with Gasteiger partial charge in [0.25, 0.3) is 5.92 Å². The van der Waals surface area contributed by atoms with Crippen LogP contribution in [0.1, 0.15) is 12.0 Å². The van der Waals surface area contributed by atoms with Gasteiger partial charge >= 0.3 is 0 Å². The third kappa shape index (κ3) is 1.74. The molecular formula is C13H9F2N. The van der Waals surface area contributed by atoms with Crippen LogP contribution in [0.5, 0.6) is 0 Å². The Morgan fingerprint density at radius 2 is 1.75 bits per heavy atom. The standard InChI is InChI=1S/C13H9F2N/c14-13(15,8-9-16)12-7-3-5-10-4-1-2-6-11(10)12/h1-7H,8H2. The fraction of sp³-hybridized carbons (Fsp3) is 0.154. The highest BCUT2D eigenvalue weighted by Gasteiger charge is 2.32. The van der Waals surface area contributed by atoms with Gasteiger partial charge in [0.15, 0.2) is 0 Å². The van der Waals surface area contributed by atoms with Gasteiger partial charge in [-0.1, -0.05) is 42.5 Å². The Labute approximate surface area is 91.9 Å². The SMILES string of the molecule is N#CCC(F)(F)c1cccc2ccccc12. The monoisotopic (exact) mass is 217 g/mol. The number of nitrogens with zero attached hydrogens (tertiary/aromatic N) is 1. The molecule has 0 aliphatic carbocycles. The van der Waals surface area contributed by atoms with Gasteiger partial charge in [-0.2, -0.15) is 5.26 Å². The first-order chi connectivity index (χ1) is 7.65. The Bertz CT molecular complexity index is 550. The third-order valence-electron chi connectivity index (χ3n) is 2.48. The van der Waals surface area contributed by atoms with Crippen LogP contribution in [0.3, 0.4) is 0 Å². The van der Waals surface area contributed by atoms with Gasteiger partial charge in [-0.25, -0.2) is 8.78 Å². The number of hydrogen-bond acceptors (Lipinski definition) is 1. The summed E-state index contributed by atoms with van der Waals surface area (Å²) in [5.74, 6) is -3.09. The smallest absolute Gasteiger partial charge is 0.200 e. The van der Waals surface area contributed by atoms with Crippen LogP contribution in [0.4, 0.5) is 8.78 Å². The summed E-state index contributed by atoms with van der Waals surface area (Å²) in [5, 5.41) is 9.67. The molecule has 0 aromatic heterocycles. The average Bonchev–Trinajstić information content (AvgIpc) is 2.28. The summed E-state index contributed by atoms with van der Waals surface area (Å²) in [7, 11) is 0. The molecule has 0 amide bonds. The topological polar surface area (TPSA) is 23.8 Å². The maximum atomic E-state index is 13.7. The van der Waals surface area contributed by atoms with E-state index in [0.717, 1.165) is 5.39 Å². The van der Waals surface area contributed by atoms with E-state index in [1.54, 1.807) is 36.4 Å². The van der Waals surface area contributed by atoms with Crippen molar-refractivity contribution >= 4 is 10.8 Å². The van der Waals surface area contributed by atoms with Crippen molar-refractivity contribution in [3.8, 4) is 6.07 Å². The largest absolute Gasteiger partial charge is 0.286 e. The van der Waals surface area contributed by atoms with Crippen LogP contribution in [-0.4, -0.2) is 0 Å². The van der Waals surface area contributed by atoms with Crippen LogP contribution in [0.15, 0.2) is 42.5 Å². The molecule has 0 radical (unpaired) electrons. The van der Waals surface area contributed by atoms with E-state index >= 15 is 0 Å². The molecular weight excluding hydrogens is 208 g/mol. The molecule has 0 spiro atoms. The van der Waals surface area contributed by atoms with Crippen LogP contribution >= 0.6 is 0 Å². The minimum atomic E-state index is -3.09. The van der Waals surface area contributed by atoms with Gasteiger partial charge < -0.3 is 0 Å². The predicted molar refractivity (Wildman–Crippen MR) is 58.1 cm³/mol. The molecule has 1 nitrogen and oxygen atoms in total. The maximum absolute atomic E-state index is 13.7. The van der Waals surface area contributed by atoms with Gasteiger partial charge in [-0.15, -0.1) is 0 Å². The van der Waals surface area contributed by atoms with Crippen molar-refractivity contribution in [3.05, 3.63) is 48.0 Å². The number of alkyl halides is 2. The van der Waals surface area contributed by atoms with Gasteiger partial charge in [-0.05, 0) is 10.8 Å². The average molecular weight is 217 g/mol. The van der Waals surface area contributed by atoms with E-state index in [9.17, 15) is 8.78 Å². The molecule has 0 aliphatic rings. The van der Waals surface area contributed by atoms with Crippen molar-refractivity contribution in [3.63, 3.8) is 0 Å². The van der Waals surface area contributed by atoms with E-state index in [2.05, 4.69) is 0 Å². The molecule has 2 rings (SSSR count). The molecule has 2 aromatic carbocycles. The number of hydrogen-bond donors (Lipinski definition) is 0. The van der Waals surface area contributed by atoms with Crippen molar-refractivity contribution in [1.82, 2.24) is 0 Å². The van der Waals surface area contributed by atoms with E-state index in [1.165, 1.54) is 12.1 Å². The molecule has 0 N–H and O–H groups in total. The highest BCUT2D eigenvalue weighted by atomic mass is 19.3. The Morgan fingerprint density at radius 3 is 2.50 bits per heavy atom. The molecule has 0 aliphatic heterocycles. The molecule has 16 heavy (non-hydrogen) atoms. The zero-order valence-corrected chi connectivity index (χ0v) is 8.45. The lowest BCUT2D eigenvalue weighted by Gasteiger charge is -2.15. The summed E-state index contributed by atoms with van der Waals surface area (Å²) in [6.45, 7) is 0. The molecule has 0 heterocycles. The van der Waals surface area contributed by atoms with E-state index in [4.69, 9.17) is 5.26 Å². The van der Waals surface area contributed by atoms with E-state index in [1.807, 2.05) is 0 Å². The summed E-state index contributed by atoms with van der Waals surface area (Å²) in [4.78, 5) is 0. The lowest BCUT2D eigenvalue weighted by molar-refractivity contribution is 0.00254. The second-order valence-electron chi connectivity index (χ2n) is 3.57. The van der Waals surface area contributed by atoms with Crippen molar-refractivity contribution in [2.75, 3.05) is 0 Å². The minimum absolute atomic E-state index is 0.0767. The molecule has 0 bridgehead atoms. The Kier molecular flexibility index (Phi) is 2.57. The van der Waals surface area contributed by atoms with E-state index in [0.29, 0.717) is 5.39 Å². The molecule has 80 valence electrons.